The fourth-order valence-electron chi connectivity index (χ4n) is 3.40. The van der Waals surface area contributed by atoms with Gasteiger partial charge < -0.3 is 15.5 Å². The van der Waals surface area contributed by atoms with Crippen LogP contribution in [0.4, 0.5) is 10.1 Å². The summed E-state index contributed by atoms with van der Waals surface area (Å²) >= 11 is 0. The summed E-state index contributed by atoms with van der Waals surface area (Å²) in [4.78, 5) is 40.2. The van der Waals surface area contributed by atoms with Gasteiger partial charge in [-0.2, -0.15) is 0 Å². The average Bonchev–Trinajstić information content (AvgIpc) is 2.76. The zero-order chi connectivity index (χ0) is 22.1. The maximum atomic E-state index is 12.9. The zero-order valence-corrected chi connectivity index (χ0v) is 17.4. The third kappa shape index (κ3) is 7.49. The van der Waals surface area contributed by atoms with Crippen molar-refractivity contribution < 1.29 is 18.8 Å². The lowest BCUT2D eigenvalue weighted by Gasteiger charge is -2.34. The number of hydrogen-bond acceptors (Lipinski definition) is 4. The van der Waals surface area contributed by atoms with E-state index in [0.717, 1.165) is 5.56 Å². The monoisotopic (exact) mass is 426 g/mol. The van der Waals surface area contributed by atoms with Crippen LogP contribution in [0.15, 0.2) is 54.6 Å². The lowest BCUT2D eigenvalue weighted by molar-refractivity contribution is -0.133. The molecular formula is C23H27FN4O3. The highest BCUT2D eigenvalue weighted by Gasteiger charge is 2.22. The fraction of sp³-hybridized carbons (Fsp3) is 0.348. The Morgan fingerprint density at radius 2 is 1.55 bits per heavy atom. The standard InChI is InChI=1S/C23H27FN4O3/c24-19-6-8-20(9-7-19)26-22(30)17-27-12-14-28(15-13-27)23(31)10-11-25-21(29)16-18-4-2-1-3-5-18/h1-9H,10-17H2,(H,25,29)(H,26,30). The molecule has 3 rings (SSSR count). The lowest BCUT2D eigenvalue weighted by atomic mass is 10.1. The smallest absolute Gasteiger partial charge is 0.238 e. The van der Waals surface area contributed by atoms with Gasteiger partial charge in [0.25, 0.3) is 0 Å². The van der Waals surface area contributed by atoms with E-state index >= 15 is 0 Å². The van der Waals surface area contributed by atoms with Gasteiger partial charge in [0, 0.05) is 44.8 Å². The Morgan fingerprint density at radius 1 is 0.871 bits per heavy atom. The van der Waals surface area contributed by atoms with E-state index in [1.807, 2.05) is 35.2 Å². The molecule has 0 radical (unpaired) electrons. The molecule has 1 heterocycles. The molecule has 0 saturated carbocycles. The summed E-state index contributed by atoms with van der Waals surface area (Å²) in [6, 6.07) is 15.1. The Kier molecular flexibility index (Phi) is 8.12. The van der Waals surface area contributed by atoms with E-state index in [4.69, 9.17) is 0 Å². The number of hydrogen-bond donors (Lipinski definition) is 2. The van der Waals surface area contributed by atoms with Crippen molar-refractivity contribution in [1.82, 2.24) is 15.1 Å². The van der Waals surface area contributed by atoms with Crippen LogP contribution in [0.25, 0.3) is 0 Å². The van der Waals surface area contributed by atoms with E-state index in [1.54, 1.807) is 4.90 Å². The number of nitrogens with zero attached hydrogens (tertiary/aromatic N) is 2. The summed E-state index contributed by atoms with van der Waals surface area (Å²) in [6.45, 7) is 2.81. The minimum absolute atomic E-state index is 0.00424. The van der Waals surface area contributed by atoms with E-state index in [-0.39, 0.29) is 36.5 Å². The van der Waals surface area contributed by atoms with Crippen LogP contribution in [0.3, 0.4) is 0 Å². The molecule has 0 aromatic heterocycles. The van der Waals surface area contributed by atoms with E-state index in [1.165, 1.54) is 24.3 Å². The van der Waals surface area contributed by atoms with Crippen LogP contribution in [0.2, 0.25) is 0 Å². The predicted molar refractivity (Wildman–Crippen MR) is 116 cm³/mol. The number of benzene rings is 2. The Morgan fingerprint density at radius 3 is 2.23 bits per heavy atom. The minimum Gasteiger partial charge on any atom is -0.355 e. The summed E-state index contributed by atoms with van der Waals surface area (Å²) in [6.07, 6.45) is 0.555. The Labute approximate surface area is 181 Å². The minimum atomic E-state index is -0.352. The molecule has 31 heavy (non-hydrogen) atoms. The first kappa shape index (κ1) is 22.4. The molecule has 2 N–H and O–H groups in total. The lowest BCUT2D eigenvalue weighted by Crippen LogP contribution is -2.50. The van der Waals surface area contributed by atoms with Crippen molar-refractivity contribution in [2.24, 2.45) is 0 Å². The van der Waals surface area contributed by atoms with Gasteiger partial charge in [0.05, 0.1) is 13.0 Å². The molecule has 7 nitrogen and oxygen atoms in total. The molecule has 1 aliphatic rings. The number of anilines is 1. The van der Waals surface area contributed by atoms with Gasteiger partial charge in [0.1, 0.15) is 5.82 Å². The number of halogens is 1. The second kappa shape index (κ2) is 11.2. The quantitative estimate of drug-likeness (QED) is 0.673. The van der Waals surface area contributed by atoms with Gasteiger partial charge in [-0.3, -0.25) is 19.3 Å². The van der Waals surface area contributed by atoms with Crippen molar-refractivity contribution in [3.8, 4) is 0 Å². The highest BCUT2D eigenvalue weighted by molar-refractivity contribution is 5.92. The summed E-state index contributed by atoms with van der Waals surface area (Å²) in [7, 11) is 0. The normalized spacial score (nSPS) is 14.2. The second-order valence-electron chi connectivity index (χ2n) is 7.47. The SMILES string of the molecule is O=C(Cc1ccccc1)NCCC(=O)N1CCN(CC(=O)Nc2ccc(F)cc2)CC1. The maximum Gasteiger partial charge on any atom is 0.238 e. The summed E-state index contributed by atoms with van der Waals surface area (Å²) < 4.78 is 12.9. The van der Waals surface area contributed by atoms with Crippen LogP contribution < -0.4 is 10.6 Å². The number of nitrogens with one attached hydrogen (secondary N) is 2. The van der Waals surface area contributed by atoms with Crippen LogP contribution in [-0.2, 0) is 20.8 Å². The number of carbonyl (C=O) groups excluding carboxylic acids is 3. The fourth-order valence-corrected chi connectivity index (χ4v) is 3.40. The van der Waals surface area contributed by atoms with Gasteiger partial charge in [-0.1, -0.05) is 30.3 Å². The van der Waals surface area contributed by atoms with Crippen molar-refractivity contribution in [3.05, 3.63) is 66.0 Å². The Balaban J connectivity index is 1.31. The van der Waals surface area contributed by atoms with Crippen LogP contribution in [0.1, 0.15) is 12.0 Å². The highest BCUT2D eigenvalue weighted by Crippen LogP contribution is 2.09. The molecule has 8 heteroatoms. The Hall–Kier alpha value is -3.26. The van der Waals surface area contributed by atoms with Gasteiger partial charge in [-0.25, -0.2) is 4.39 Å². The van der Waals surface area contributed by atoms with Gasteiger partial charge >= 0.3 is 0 Å². The van der Waals surface area contributed by atoms with Gasteiger partial charge in [0.2, 0.25) is 17.7 Å². The van der Waals surface area contributed by atoms with Crippen molar-refractivity contribution in [1.29, 1.82) is 0 Å². The first-order valence-electron chi connectivity index (χ1n) is 10.4. The molecule has 0 aliphatic carbocycles. The van der Waals surface area contributed by atoms with Gasteiger partial charge in [0.15, 0.2) is 0 Å². The molecular weight excluding hydrogens is 399 g/mol. The third-order valence-electron chi connectivity index (χ3n) is 5.09. The largest absolute Gasteiger partial charge is 0.355 e. The van der Waals surface area contributed by atoms with E-state index in [9.17, 15) is 18.8 Å². The molecule has 0 bridgehead atoms. The molecule has 164 valence electrons. The van der Waals surface area contributed by atoms with Crippen molar-refractivity contribution in [2.45, 2.75) is 12.8 Å². The number of amides is 3. The average molecular weight is 426 g/mol. The second-order valence-corrected chi connectivity index (χ2v) is 7.47. The first-order chi connectivity index (χ1) is 15.0. The number of piperazine rings is 1. The van der Waals surface area contributed by atoms with E-state index in [2.05, 4.69) is 10.6 Å². The zero-order valence-electron chi connectivity index (χ0n) is 17.4. The van der Waals surface area contributed by atoms with Crippen LogP contribution in [-0.4, -0.2) is 66.8 Å². The topological polar surface area (TPSA) is 81.8 Å². The van der Waals surface area contributed by atoms with Crippen molar-refractivity contribution in [3.63, 3.8) is 0 Å². The molecule has 2 aromatic carbocycles. The Bertz CT molecular complexity index is 881. The molecule has 1 aliphatic heterocycles. The van der Waals surface area contributed by atoms with Crippen LogP contribution >= 0.6 is 0 Å². The predicted octanol–water partition coefficient (Wildman–Crippen LogP) is 1.66. The number of carbonyl (C=O) groups is 3. The molecule has 1 saturated heterocycles. The molecule has 0 spiro atoms. The highest BCUT2D eigenvalue weighted by atomic mass is 19.1. The summed E-state index contributed by atoms with van der Waals surface area (Å²) in [5, 5.41) is 5.53. The molecule has 0 unspecified atom stereocenters. The summed E-state index contributed by atoms with van der Waals surface area (Å²) in [5.41, 5.74) is 1.49. The molecule has 1 fully saturated rings. The third-order valence-corrected chi connectivity index (χ3v) is 5.09. The van der Waals surface area contributed by atoms with E-state index in [0.29, 0.717) is 44.8 Å². The van der Waals surface area contributed by atoms with Gasteiger partial charge in [-0.05, 0) is 29.8 Å². The first-order valence-corrected chi connectivity index (χ1v) is 10.4. The molecule has 3 amide bonds. The van der Waals surface area contributed by atoms with Crippen LogP contribution in [0.5, 0.6) is 0 Å². The van der Waals surface area contributed by atoms with Gasteiger partial charge in [-0.15, -0.1) is 0 Å². The molecule has 2 aromatic rings. The van der Waals surface area contributed by atoms with Crippen molar-refractivity contribution >= 4 is 23.4 Å². The van der Waals surface area contributed by atoms with Crippen molar-refractivity contribution in [2.75, 3.05) is 44.6 Å². The number of rotatable bonds is 8. The summed E-state index contributed by atoms with van der Waals surface area (Å²) in [5.74, 6) is -0.631. The van der Waals surface area contributed by atoms with E-state index < -0.39 is 0 Å². The van der Waals surface area contributed by atoms with Crippen LogP contribution in [0, 0.1) is 5.82 Å². The maximum absolute atomic E-state index is 12.9. The molecule has 0 atom stereocenters.